The summed E-state index contributed by atoms with van der Waals surface area (Å²) in [7, 11) is -3.73. The van der Waals surface area contributed by atoms with Gasteiger partial charge in [-0.05, 0) is 65.8 Å². The lowest BCUT2D eigenvalue weighted by molar-refractivity contribution is -0.131. The van der Waals surface area contributed by atoms with Gasteiger partial charge in [0.2, 0.25) is 10.0 Å². The van der Waals surface area contributed by atoms with E-state index in [1.165, 1.54) is 0 Å². The maximum Gasteiger partial charge on any atom is 0.328 e. The average Bonchev–Trinajstić information content (AvgIpc) is 3.47. The Labute approximate surface area is 204 Å². The number of nitrogens with one attached hydrogen (secondary N) is 1. The molecule has 4 aromatic rings. The molecule has 6 nitrogen and oxygen atoms in total. The zero-order chi connectivity index (χ0) is 24.4. The van der Waals surface area contributed by atoms with Crippen LogP contribution in [0.2, 0.25) is 0 Å². The van der Waals surface area contributed by atoms with Crippen molar-refractivity contribution in [3.63, 3.8) is 0 Å². The van der Waals surface area contributed by atoms with Crippen LogP contribution in [0.25, 0.3) is 17.0 Å². The Morgan fingerprint density at radius 1 is 1.06 bits per heavy atom. The first-order chi connectivity index (χ1) is 16.9. The Hall–Kier alpha value is -3.68. The molecule has 0 saturated heterocycles. The number of aliphatic carboxylic acids is 1. The number of aryl methyl sites for hydroxylation is 1. The lowest BCUT2D eigenvalue weighted by Crippen LogP contribution is -2.35. The SMILES string of the molecule is O=C(O)C=Cc1ccc2c(c1)CCC2N(CCc1c[nH]c2ccccc12)S(=O)(=O)c1ccccc1. The van der Waals surface area contributed by atoms with E-state index in [2.05, 4.69) is 4.98 Å². The summed E-state index contributed by atoms with van der Waals surface area (Å²) in [4.78, 5) is 14.4. The minimum Gasteiger partial charge on any atom is -0.478 e. The van der Waals surface area contributed by atoms with Crippen LogP contribution >= 0.6 is 0 Å². The molecule has 5 rings (SSSR count). The van der Waals surface area contributed by atoms with E-state index in [-0.39, 0.29) is 10.9 Å². The molecular weight excluding hydrogens is 460 g/mol. The Morgan fingerprint density at radius 2 is 1.83 bits per heavy atom. The molecule has 3 aromatic carbocycles. The monoisotopic (exact) mass is 486 g/mol. The van der Waals surface area contributed by atoms with Gasteiger partial charge < -0.3 is 10.1 Å². The van der Waals surface area contributed by atoms with Crippen molar-refractivity contribution in [1.82, 2.24) is 9.29 Å². The van der Waals surface area contributed by atoms with Gasteiger partial charge in [-0.25, -0.2) is 13.2 Å². The van der Waals surface area contributed by atoms with Gasteiger partial charge in [-0.1, -0.05) is 54.6 Å². The van der Waals surface area contributed by atoms with Crippen LogP contribution in [0.3, 0.4) is 0 Å². The van der Waals surface area contributed by atoms with Gasteiger partial charge >= 0.3 is 5.97 Å². The fraction of sp³-hybridized carbons (Fsp3) is 0.179. The normalized spacial score (nSPS) is 15.7. The predicted octanol–water partition coefficient (Wildman–Crippen LogP) is 5.19. The zero-order valence-electron chi connectivity index (χ0n) is 19.1. The first kappa shape index (κ1) is 23.1. The molecule has 178 valence electrons. The van der Waals surface area contributed by atoms with Crippen LogP contribution in [0.15, 0.2) is 90.0 Å². The Balaban J connectivity index is 1.49. The maximum atomic E-state index is 13.8. The number of sulfonamides is 1. The molecule has 0 bridgehead atoms. The van der Waals surface area contributed by atoms with Crippen molar-refractivity contribution in [2.45, 2.75) is 30.2 Å². The lowest BCUT2D eigenvalue weighted by Gasteiger charge is -2.29. The second kappa shape index (κ2) is 9.52. The number of rotatable bonds is 8. The number of fused-ring (bicyclic) bond motifs is 2. The van der Waals surface area contributed by atoms with Gasteiger partial charge in [0, 0.05) is 29.7 Å². The van der Waals surface area contributed by atoms with Crippen LogP contribution in [-0.4, -0.2) is 35.3 Å². The maximum absolute atomic E-state index is 13.8. The number of H-pyrrole nitrogens is 1. The second-order valence-corrected chi connectivity index (χ2v) is 10.6. The van der Waals surface area contributed by atoms with Gasteiger partial charge in [-0.2, -0.15) is 4.31 Å². The van der Waals surface area contributed by atoms with Crippen LogP contribution in [-0.2, 0) is 27.7 Å². The summed E-state index contributed by atoms with van der Waals surface area (Å²) in [6.45, 7) is 0.351. The number of hydrogen-bond donors (Lipinski definition) is 2. The third-order valence-electron chi connectivity index (χ3n) is 6.61. The molecule has 1 unspecified atom stereocenters. The van der Waals surface area contributed by atoms with Crippen LogP contribution in [0, 0.1) is 0 Å². The standard InChI is InChI=1S/C28H26N2O4S/c31-28(32)15-11-20-10-13-25-21(18-20)12-14-27(25)30(35(33,34)23-6-2-1-3-7-23)17-16-22-19-29-26-9-5-4-8-24(22)26/h1-11,13,15,18-19,27,29H,12,14,16-17H2,(H,31,32). The molecule has 0 saturated carbocycles. The molecule has 0 amide bonds. The number of aromatic amines is 1. The third-order valence-corrected chi connectivity index (χ3v) is 8.53. The fourth-order valence-corrected chi connectivity index (χ4v) is 6.58. The van der Waals surface area contributed by atoms with Gasteiger partial charge in [-0.3, -0.25) is 0 Å². The highest BCUT2D eigenvalue weighted by Gasteiger charge is 2.36. The van der Waals surface area contributed by atoms with Crippen LogP contribution in [0.4, 0.5) is 0 Å². The summed E-state index contributed by atoms with van der Waals surface area (Å²) in [6.07, 6.45) is 6.64. The molecule has 0 radical (unpaired) electrons. The Kier molecular flexibility index (Phi) is 6.28. The predicted molar refractivity (Wildman–Crippen MR) is 137 cm³/mol. The third kappa shape index (κ3) is 4.65. The molecule has 0 fully saturated rings. The highest BCUT2D eigenvalue weighted by Crippen LogP contribution is 2.39. The Morgan fingerprint density at radius 3 is 2.63 bits per heavy atom. The smallest absolute Gasteiger partial charge is 0.328 e. The number of hydrogen-bond acceptors (Lipinski definition) is 3. The van der Waals surface area contributed by atoms with E-state index in [1.807, 2.05) is 54.7 Å². The van der Waals surface area contributed by atoms with E-state index < -0.39 is 16.0 Å². The summed E-state index contributed by atoms with van der Waals surface area (Å²) in [5.74, 6) is -0.999. The van der Waals surface area contributed by atoms with Gasteiger partial charge in [0.15, 0.2) is 0 Å². The van der Waals surface area contributed by atoms with Crippen molar-refractivity contribution >= 4 is 33.0 Å². The van der Waals surface area contributed by atoms with E-state index in [9.17, 15) is 13.2 Å². The van der Waals surface area contributed by atoms with E-state index in [1.54, 1.807) is 34.6 Å². The molecule has 1 aromatic heterocycles. The van der Waals surface area contributed by atoms with Gasteiger partial charge in [0.05, 0.1) is 10.9 Å². The van der Waals surface area contributed by atoms with Crippen molar-refractivity contribution in [2.75, 3.05) is 6.54 Å². The molecule has 35 heavy (non-hydrogen) atoms. The van der Waals surface area contributed by atoms with Crippen molar-refractivity contribution in [3.05, 3.63) is 107 Å². The molecule has 1 aliphatic carbocycles. The minimum atomic E-state index is -3.73. The number of nitrogens with zero attached hydrogens (tertiary/aromatic N) is 1. The largest absolute Gasteiger partial charge is 0.478 e. The number of aromatic nitrogens is 1. The summed E-state index contributed by atoms with van der Waals surface area (Å²) in [6, 6.07) is 22.1. The van der Waals surface area contributed by atoms with E-state index in [4.69, 9.17) is 5.11 Å². The molecule has 0 spiro atoms. The van der Waals surface area contributed by atoms with Crippen LogP contribution < -0.4 is 0 Å². The highest BCUT2D eigenvalue weighted by atomic mass is 32.2. The number of benzene rings is 3. The van der Waals surface area contributed by atoms with Gasteiger partial charge in [0.25, 0.3) is 0 Å². The molecule has 1 atom stereocenters. The number of carbonyl (C=O) groups is 1. The van der Waals surface area contributed by atoms with Crippen molar-refractivity contribution in [3.8, 4) is 0 Å². The van der Waals surface area contributed by atoms with Crippen LogP contribution in [0.1, 0.15) is 34.7 Å². The van der Waals surface area contributed by atoms with E-state index >= 15 is 0 Å². The first-order valence-electron chi connectivity index (χ1n) is 11.6. The number of para-hydroxylation sites is 1. The fourth-order valence-electron chi connectivity index (χ4n) is 4.93. The topological polar surface area (TPSA) is 90.5 Å². The molecule has 7 heteroatoms. The van der Waals surface area contributed by atoms with Gasteiger partial charge in [-0.15, -0.1) is 0 Å². The average molecular weight is 487 g/mol. The van der Waals surface area contributed by atoms with Crippen molar-refractivity contribution in [1.29, 1.82) is 0 Å². The summed E-state index contributed by atoms with van der Waals surface area (Å²) in [5, 5.41) is 10.0. The summed E-state index contributed by atoms with van der Waals surface area (Å²) >= 11 is 0. The number of carboxylic acids is 1. The first-order valence-corrected chi connectivity index (χ1v) is 13.0. The lowest BCUT2D eigenvalue weighted by atomic mass is 10.0. The van der Waals surface area contributed by atoms with Crippen molar-refractivity contribution in [2.24, 2.45) is 0 Å². The number of carboxylic acid groups (broad SMARTS) is 1. The van der Waals surface area contributed by atoms with E-state index in [0.29, 0.717) is 19.4 Å². The minimum absolute atomic E-state index is 0.280. The molecule has 0 aliphatic heterocycles. The zero-order valence-corrected chi connectivity index (χ0v) is 19.9. The highest BCUT2D eigenvalue weighted by molar-refractivity contribution is 7.89. The molecule has 2 N–H and O–H groups in total. The van der Waals surface area contributed by atoms with Crippen molar-refractivity contribution < 1.29 is 18.3 Å². The second-order valence-electron chi connectivity index (χ2n) is 8.72. The van der Waals surface area contributed by atoms with E-state index in [0.717, 1.165) is 45.7 Å². The van der Waals surface area contributed by atoms with Crippen LogP contribution in [0.5, 0.6) is 0 Å². The summed E-state index contributed by atoms with van der Waals surface area (Å²) in [5.41, 5.74) is 4.95. The van der Waals surface area contributed by atoms with Gasteiger partial charge in [0.1, 0.15) is 0 Å². The molecule has 1 heterocycles. The quantitative estimate of drug-likeness (QED) is 0.336. The Bertz CT molecular complexity index is 1510. The summed E-state index contributed by atoms with van der Waals surface area (Å²) < 4.78 is 29.3. The molecular formula is C28H26N2O4S. The molecule has 1 aliphatic rings.